The number of rotatable bonds is 3. The average Bonchev–Trinajstić information content (AvgIpc) is 2.77. The van der Waals surface area contributed by atoms with E-state index in [4.69, 9.17) is 0 Å². The third kappa shape index (κ3) is 1.62. The smallest absolute Gasteiger partial charge is 0.238 e. The maximum Gasteiger partial charge on any atom is 0.238 e. The predicted molar refractivity (Wildman–Crippen MR) is 52.7 cm³/mol. The molecular formula is C8H12N4OS. The van der Waals surface area contributed by atoms with E-state index in [1.165, 1.54) is 11.5 Å². The summed E-state index contributed by atoms with van der Waals surface area (Å²) in [5, 5.41) is 8.98. The molecule has 0 spiro atoms. The second-order valence-electron chi connectivity index (χ2n) is 3.20. The molecule has 1 aliphatic heterocycles. The van der Waals surface area contributed by atoms with Crippen LogP contribution in [-0.2, 0) is 4.79 Å². The first-order chi connectivity index (χ1) is 6.83. The van der Waals surface area contributed by atoms with Gasteiger partial charge < -0.3 is 4.90 Å². The average molecular weight is 212 g/mol. The van der Waals surface area contributed by atoms with Crippen LogP contribution in [0.5, 0.6) is 0 Å². The maximum absolute atomic E-state index is 11.5. The van der Waals surface area contributed by atoms with Crippen molar-refractivity contribution >= 4 is 17.4 Å². The van der Waals surface area contributed by atoms with Crippen LogP contribution in [-0.4, -0.2) is 33.5 Å². The summed E-state index contributed by atoms with van der Waals surface area (Å²) in [5.74, 6) is 0.143. The van der Waals surface area contributed by atoms with Crippen molar-refractivity contribution in [1.82, 2.24) is 19.8 Å². The molecule has 1 atom stereocenters. The van der Waals surface area contributed by atoms with Crippen molar-refractivity contribution in [3.63, 3.8) is 0 Å². The largest absolute Gasteiger partial charge is 0.320 e. The lowest BCUT2D eigenvalue weighted by molar-refractivity contribution is -0.128. The van der Waals surface area contributed by atoms with E-state index in [2.05, 4.69) is 21.8 Å². The molecule has 6 heteroatoms. The first kappa shape index (κ1) is 9.54. The summed E-state index contributed by atoms with van der Waals surface area (Å²) in [6, 6.07) is 0. The zero-order valence-electron chi connectivity index (χ0n) is 7.93. The van der Waals surface area contributed by atoms with Crippen molar-refractivity contribution in [2.75, 3.05) is 13.1 Å². The van der Waals surface area contributed by atoms with E-state index in [-0.39, 0.29) is 12.1 Å². The number of nitrogens with zero attached hydrogens (tertiary/aromatic N) is 3. The van der Waals surface area contributed by atoms with E-state index in [1.807, 2.05) is 10.3 Å². The fraction of sp³-hybridized carbons (Fsp3) is 0.625. The fourth-order valence-electron chi connectivity index (χ4n) is 1.59. The first-order valence-electron chi connectivity index (χ1n) is 4.62. The molecule has 1 fully saturated rings. The van der Waals surface area contributed by atoms with Gasteiger partial charge in [0.1, 0.15) is 11.9 Å². The molecule has 1 unspecified atom stereocenters. The van der Waals surface area contributed by atoms with Gasteiger partial charge in [0.05, 0.1) is 6.54 Å². The van der Waals surface area contributed by atoms with Gasteiger partial charge >= 0.3 is 0 Å². The Balaban J connectivity index is 2.15. The highest BCUT2D eigenvalue weighted by atomic mass is 32.1. The molecule has 0 radical (unpaired) electrons. The number of carbonyl (C=O) groups excluding carboxylic acids is 1. The van der Waals surface area contributed by atoms with Gasteiger partial charge in [0.2, 0.25) is 5.91 Å². The molecule has 76 valence electrons. The van der Waals surface area contributed by atoms with E-state index in [0.29, 0.717) is 6.54 Å². The Hall–Kier alpha value is -1.01. The highest BCUT2D eigenvalue weighted by molar-refractivity contribution is 7.03. The molecule has 1 amide bonds. The van der Waals surface area contributed by atoms with E-state index in [0.717, 1.165) is 18.7 Å². The zero-order chi connectivity index (χ0) is 9.97. The van der Waals surface area contributed by atoms with Crippen LogP contribution >= 0.6 is 11.5 Å². The number of nitrogens with one attached hydrogen (secondary N) is 1. The monoisotopic (exact) mass is 212 g/mol. The molecule has 2 rings (SSSR count). The van der Waals surface area contributed by atoms with E-state index < -0.39 is 0 Å². The van der Waals surface area contributed by atoms with Gasteiger partial charge in [0.15, 0.2) is 0 Å². The Kier molecular flexibility index (Phi) is 2.74. The molecule has 1 aliphatic rings. The third-order valence-corrected chi connectivity index (χ3v) is 2.72. The van der Waals surface area contributed by atoms with Crippen molar-refractivity contribution in [3.8, 4) is 0 Å². The summed E-state index contributed by atoms with van der Waals surface area (Å²) in [6.45, 7) is 3.23. The SMILES string of the molecule is CCCN1C(=O)CNC1c1csnn1. The lowest BCUT2D eigenvalue weighted by atomic mass is 10.3. The summed E-state index contributed by atoms with van der Waals surface area (Å²) >= 11 is 1.31. The van der Waals surface area contributed by atoms with E-state index >= 15 is 0 Å². The molecule has 1 saturated heterocycles. The van der Waals surface area contributed by atoms with Crippen LogP contribution in [0.15, 0.2) is 5.38 Å². The highest BCUT2D eigenvalue weighted by Crippen LogP contribution is 2.21. The van der Waals surface area contributed by atoms with Crippen molar-refractivity contribution < 1.29 is 4.79 Å². The molecule has 1 N–H and O–H groups in total. The Morgan fingerprint density at radius 2 is 2.64 bits per heavy atom. The molecule has 2 heterocycles. The van der Waals surface area contributed by atoms with E-state index in [1.54, 1.807) is 0 Å². The standard InChI is InChI=1S/C8H12N4OS/c1-2-3-12-7(13)4-9-8(12)6-5-14-11-10-6/h5,8-9H,2-4H2,1H3. The van der Waals surface area contributed by atoms with Crippen LogP contribution in [0.1, 0.15) is 25.2 Å². The minimum absolute atomic E-state index is 0.0683. The predicted octanol–water partition coefficient (Wildman–Crippen LogP) is 0.378. The Labute approximate surface area is 86.3 Å². The molecule has 14 heavy (non-hydrogen) atoms. The van der Waals surface area contributed by atoms with Crippen LogP contribution in [0.2, 0.25) is 0 Å². The zero-order valence-corrected chi connectivity index (χ0v) is 8.75. The van der Waals surface area contributed by atoms with Gasteiger partial charge in [-0.2, -0.15) is 0 Å². The van der Waals surface area contributed by atoms with Crippen LogP contribution in [0, 0.1) is 0 Å². The minimum atomic E-state index is -0.0683. The normalized spacial score (nSPS) is 21.9. The van der Waals surface area contributed by atoms with Crippen molar-refractivity contribution in [2.45, 2.75) is 19.5 Å². The van der Waals surface area contributed by atoms with Gasteiger partial charge in [0.25, 0.3) is 0 Å². The number of carbonyl (C=O) groups is 1. The minimum Gasteiger partial charge on any atom is -0.320 e. The molecule has 1 aromatic heterocycles. The van der Waals surface area contributed by atoms with Crippen molar-refractivity contribution in [3.05, 3.63) is 11.1 Å². The Morgan fingerprint density at radius 1 is 1.79 bits per heavy atom. The third-order valence-electron chi connectivity index (χ3n) is 2.20. The maximum atomic E-state index is 11.5. The van der Waals surface area contributed by atoms with E-state index in [9.17, 15) is 4.79 Å². The number of hydrogen-bond donors (Lipinski definition) is 1. The Bertz CT molecular complexity index is 313. The van der Waals surface area contributed by atoms with Gasteiger partial charge in [-0.15, -0.1) is 5.10 Å². The second-order valence-corrected chi connectivity index (χ2v) is 3.81. The molecular weight excluding hydrogens is 200 g/mol. The van der Waals surface area contributed by atoms with Crippen LogP contribution in [0.3, 0.4) is 0 Å². The quantitative estimate of drug-likeness (QED) is 0.787. The van der Waals surface area contributed by atoms with Crippen LogP contribution in [0.4, 0.5) is 0 Å². The Morgan fingerprint density at radius 3 is 3.29 bits per heavy atom. The van der Waals surface area contributed by atoms with Crippen LogP contribution < -0.4 is 5.32 Å². The van der Waals surface area contributed by atoms with Gasteiger partial charge in [-0.05, 0) is 18.0 Å². The molecule has 0 saturated carbocycles. The van der Waals surface area contributed by atoms with Gasteiger partial charge in [-0.1, -0.05) is 11.4 Å². The summed E-state index contributed by atoms with van der Waals surface area (Å²) in [7, 11) is 0. The van der Waals surface area contributed by atoms with Crippen LogP contribution in [0.25, 0.3) is 0 Å². The molecule has 0 aliphatic carbocycles. The fourth-order valence-corrected chi connectivity index (χ4v) is 2.06. The van der Waals surface area contributed by atoms with Crippen molar-refractivity contribution in [2.24, 2.45) is 0 Å². The van der Waals surface area contributed by atoms with Crippen molar-refractivity contribution in [1.29, 1.82) is 0 Å². The molecule has 1 aromatic rings. The summed E-state index contributed by atoms with van der Waals surface area (Å²) in [4.78, 5) is 13.3. The number of hydrogen-bond acceptors (Lipinski definition) is 5. The van der Waals surface area contributed by atoms with Gasteiger partial charge in [0, 0.05) is 11.9 Å². The first-order valence-corrected chi connectivity index (χ1v) is 5.46. The number of amides is 1. The van der Waals surface area contributed by atoms with Gasteiger partial charge in [-0.3, -0.25) is 10.1 Å². The highest BCUT2D eigenvalue weighted by Gasteiger charge is 2.32. The molecule has 0 aromatic carbocycles. The summed E-state index contributed by atoms with van der Waals surface area (Å²) < 4.78 is 3.80. The topological polar surface area (TPSA) is 58.1 Å². The second kappa shape index (κ2) is 4.02. The lowest BCUT2D eigenvalue weighted by Crippen LogP contribution is -2.31. The van der Waals surface area contributed by atoms with Gasteiger partial charge in [-0.25, -0.2) is 0 Å². The summed E-state index contributed by atoms with van der Waals surface area (Å²) in [6.07, 6.45) is 0.891. The summed E-state index contributed by atoms with van der Waals surface area (Å²) in [5.41, 5.74) is 0.842. The molecule has 5 nitrogen and oxygen atoms in total. The number of aromatic nitrogens is 2. The molecule has 0 bridgehead atoms. The lowest BCUT2D eigenvalue weighted by Gasteiger charge is -2.21.